The van der Waals surface area contributed by atoms with Crippen molar-refractivity contribution in [1.29, 1.82) is 0 Å². The number of carbonyl (C=O) groups excluding carboxylic acids is 3. The maximum absolute atomic E-state index is 12.5. The molecule has 2 aromatic rings. The molecule has 5 heteroatoms. The number of hydrogen-bond donors (Lipinski definition) is 2. The van der Waals surface area contributed by atoms with Gasteiger partial charge < -0.3 is 10.6 Å². The fourth-order valence-corrected chi connectivity index (χ4v) is 3.58. The first-order valence-electron chi connectivity index (χ1n) is 9.76. The Kier molecular flexibility index (Phi) is 6.58. The average Bonchev–Trinajstić information content (AvgIpc) is 2.73. The highest BCUT2D eigenvalue weighted by atomic mass is 16.2. The van der Waals surface area contributed by atoms with Gasteiger partial charge in [-0.05, 0) is 62.4 Å². The van der Waals surface area contributed by atoms with Crippen molar-refractivity contribution in [3.05, 3.63) is 65.7 Å². The molecule has 0 bridgehead atoms. The van der Waals surface area contributed by atoms with E-state index in [-0.39, 0.29) is 29.4 Å². The predicted octanol–water partition coefficient (Wildman–Crippen LogP) is 3.95. The summed E-state index contributed by atoms with van der Waals surface area (Å²) in [5, 5.41) is 5.92. The van der Waals surface area contributed by atoms with Crippen LogP contribution in [0.4, 0.5) is 5.69 Å². The van der Waals surface area contributed by atoms with Crippen LogP contribution in [0.3, 0.4) is 0 Å². The number of carbonyl (C=O) groups is 3. The molecule has 2 N–H and O–H groups in total. The molecule has 1 saturated carbocycles. The molecule has 0 aromatic heterocycles. The zero-order valence-corrected chi connectivity index (χ0v) is 16.1. The Morgan fingerprint density at radius 2 is 1.39 bits per heavy atom. The van der Waals surface area contributed by atoms with Crippen molar-refractivity contribution < 1.29 is 14.4 Å². The molecule has 28 heavy (non-hydrogen) atoms. The molecule has 1 aliphatic carbocycles. The van der Waals surface area contributed by atoms with Gasteiger partial charge in [-0.2, -0.15) is 0 Å². The van der Waals surface area contributed by atoms with Crippen LogP contribution in [-0.4, -0.2) is 17.6 Å². The zero-order valence-electron chi connectivity index (χ0n) is 16.1. The van der Waals surface area contributed by atoms with Gasteiger partial charge in [0.05, 0.1) is 0 Å². The maximum Gasteiger partial charge on any atom is 0.227 e. The minimum Gasteiger partial charge on any atom is -0.352 e. The van der Waals surface area contributed by atoms with E-state index >= 15 is 0 Å². The summed E-state index contributed by atoms with van der Waals surface area (Å²) in [6, 6.07) is 16.8. The van der Waals surface area contributed by atoms with Crippen molar-refractivity contribution in [1.82, 2.24) is 5.32 Å². The van der Waals surface area contributed by atoms with Crippen molar-refractivity contribution in [2.75, 3.05) is 5.32 Å². The molecule has 0 atom stereocenters. The SMILES string of the molecule is CC(=O)c1ccc(NC(=O)C2CCC(C(=O)NCc3ccccc3)CC2)cc1. The van der Waals surface area contributed by atoms with E-state index in [2.05, 4.69) is 10.6 Å². The van der Waals surface area contributed by atoms with E-state index in [1.165, 1.54) is 6.92 Å². The lowest BCUT2D eigenvalue weighted by atomic mass is 9.81. The Balaban J connectivity index is 1.44. The minimum absolute atomic E-state index is 0.00161. The molecule has 1 fully saturated rings. The van der Waals surface area contributed by atoms with Gasteiger partial charge in [0.15, 0.2) is 5.78 Å². The number of hydrogen-bond acceptors (Lipinski definition) is 3. The number of amides is 2. The van der Waals surface area contributed by atoms with E-state index in [0.717, 1.165) is 18.4 Å². The monoisotopic (exact) mass is 378 g/mol. The van der Waals surface area contributed by atoms with Gasteiger partial charge in [-0.15, -0.1) is 0 Å². The quantitative estimate of drug-likeness (QED) is 0.748. The van der Waals surface area contributed by atoms with Gasteiger partial charge in [0.1, 0.15) is 0 Å². The molecule has 1 aliphatic rings. The molecule has 0 saturated heterocycles. The molecular formula is C23H26N2O3. The Morgan fingerprint density at radius 3 is 1.96 bits per heavy atom. The third kappa shape index (κ3) is 5.28. The topological polar surface area (TPSA) is 75.3 Å². The number of anilines is 1. The van der Waals surface area contributed by atoms with Crippen LogP contribution in [-0.2, 0) is 16.1 Å². The zero-order chi connectivity index (χ0) is 19.9. The second-order valence-electron chi connectivity index (χ2n) is 7.37. The summed E-state index contributed by atoms with van der Waals surface area (Å²) in [5.41, 5.74) is 2.40. The number of benzene rings is 2. The summed E-state index contributed by atoms with van der Waals surface area (Å²) in [5.74, 6) is -0.0451. The van der Waals surface area contributed by atoms with Crippen LogP contribution in [0.1, 0.15) is 48.5 Å². The summed E-state index contributed by atoms with van der Waals surface area (Å²) in [7, 11) is 0. The second-order valence-corrected chi connectivity index (χ2v) is 7.37. The first kappa shape index (κ1) is 19.8. The molecule has 0 radical (unpaired) electrons. The molecule has 0 spiro atoms. The van der Waals surface area contributed by atoms with Crippen LogP contribution in [0.15, 0.2) is 54.6 Å². The third-order valence-corrected chi connectivity index (χ3v) is 5.34. The van der Waals surface area contributed by atoms with Crippen molar-refractivity contribution in [3.8, 4) is 0 Å². The van der Waals surface area contributed by atoms with E-state index in [4.69, 9.17) is 0 Å². The van der Waals surface area contributed by atoms with Crippen LogP contribution < -0.4 is 10.6 Å². The highest BCUT2D eigenvalue weighted by molar-refractivity contribution is 5.96. The van der Waals surface area contributed by atoms with Gasteiger partial charge in [-0.1, -0.05) is 30.3 Å². The molecule has 3 rings (SSSR count). The van der Waals surface area contributed by atoms with Crippen molar-refractivity contribution >= 4 is 23.3 Å². The van der Waals surface area contributed by atoms with Gasteiger partial charge in [-0.3, -0.25) is 14.4 Å². The fraction of sp³-hybridized carbons (Fsp3) is 0.348. The molecule has 146 valence electrons. The van der Waals surface area contributed by atoms with Gasteiger partial charge in [0, 0.05) is 29.6 Å². The average molecular weight is 378 g/mol. The van der Waals surface area contributed by atoms with Gasteiger partial charge in [0.2, 0.25) is 11.8 Å². The fourth-order valence-electron chi connectivity index (χ4n) is 3.58. The third-order valence-electron chi connectivity index (χ3n) is 5.34. The molecule has 0 aliphatic heterocycles. The van der Waals surface area contributed by atoms with E-state index in [1.807, 2.05) is 30.3 Å². The van der Waals surface area contributed by atoms with Crippen molar-refractivity contribution in [2.24, 2.45) is 11.8 Å². The molecule has 2 aromatic carbocycles. The molecule has 0 heterocycles. The standard InChI is InChI=1S/C23H26N2O3/c1-16(26)18-11-13-21(14-12-18)25-23(28)20-9-7-19(8-10-20)22(27)24-15-17-5-3-2-4-6-17/h2-6,11-14,19-20H,7-10,15H2,1H3,(H,24,27)(H,25,28). The molecule has 5 nitrogen and oxygen atoms in total. The van der Waals surface area contributed by atoms with Crippen LogP contribution in [0, 0.1) is 11.8 Å². The number of rotatable bonds is 6. The Bertz CT molecular complexity index is 823. The first-order chi connectivity index (χ1) is 13.5. The molecule has 2 amide bonds. The van der Waals surface area contributed by atoms with Crippen molar-refractivity contribution in [2.45, 2.75) is 39.2 Å². The van der Waals surface area contributed by atoms with Crippen LogP contribution in [0.25, 0.3) is 0 Å². The summed E-state index contributed by atoms with van der Waals surface area (Å²) < 4.78 is 0. The Hall–Kier alpha value is -2.95. The van der Waals surface area contributed by atoms with Crippen molar-refractivity contribution in [3.63, 3.8) is 0 Å². The lowest BCUT2D eigenvalue weighted by Gasteiger charge is -2.27. The van der Waals surface area contributed by atoms with E-state index in [1.54, 1.807) is 24.3 Å². The summed E-state index contributed by atoms with van der Waals surface area (Å²) in [6.45, 7) is 2.05. The first-order valence-corrected chi connectivity index (χ1v) is 9.76. The number of nitrogens with one attached hydrogen (secondary N) is 2. The number of ketones is 1. The lowest BCUT2D eigenvalue weighted by Crippen LogP contribution is -2.35. The minimum atomic E-state index is -0.0781. The van der Waals surface area contributed by atoms with E-state index in [9.17, 15) is 14.4 Å². The molecule has 0 unspecified atom stereocenters. The summed E-state index contributed by atoms with van der Waals surface area (Å²) in [4.78, 5) is 36.2. The highest BCUT2D eigenvalue weighted by Crippen LogP contribution is 2.30. The van der Waals surface area contributed by atoms with E-state index in [0.29, 0.717) is 30.6 Å². The predicted molar refractivity (Wildman–Crippen MR) is 109 cm³/mol. The number of Topliss-reactive ketones (excluding diaryl/α,β-unsaturated/α-hetero) is 1. The summed E-state index contributed by atoms with van der Waals surface area (Å²) >= 11 is 0. The normalized spacial score (nSPS) is 18.9. The smallest absolute Gasteiger partial charge is 0.227 e. The van der Waals surface area contributed by atoms with Crippen LogP contribution >= 0.6 is 0 Å². The second kappa shape index (κ2) is 9.31. The molecular weight excluding hydrogens is 352 g/mol. The largest absolute Gasteiger partial charge is 0.352 e. The summed E-state index contributed by atoms with van der Waals surface area (Å²) in [6.07, 6.45) is 2.87. The highest BCUT2D eigenvalue weighted by Gasteiger charge is 2.29. The van der Waals surface area contributed by atoms with Gasteiger partial charge in [-0.25, -0.2) is 0 Å². The lowest BCUT2D eigenvalue weighted by molar-refractivity contribution is -0.128. The van der Waals surface area contributed by atoms with Gasteiger partial charge in [0.25, 0.3) is 0 Å². The maximum atomic E-state index is 12.5. The van der Waals surface area contributed by atoms with Crippen LogP contribution in [0.2, 0.25) is 0 Å². The van der Waals surface area contributed by atoms with E-state index < -0.39 is 0 Å². The van der Waals surface area contributed by atoms with Gasteiger partial charge >= 0.3 is 0 Å². The Morgan fingerprint density at radius 1 is 0.821 bits per heavy atom. The Labute approximate surface area is 165 Å². The van der Waals surface area contributed by atoms with Crippen LogP contribution in [0.5, 0.6) is 0 Å².